The number of hydrogen-bond donors (Lipinski definition) is 0. The van der Waals surface area contributed by atoms with Crippen LogP contribution in [-0.4, -0.2) is 43.3 Å². The highest BCUT2D eigenvalue weighted by Crippen LogP contribution is 2.23. The van der Waals surface area contributed by atoms with Crippen LogP contribution in [0.1, 0.15) is 13.3 Å². The van der Waals surface area contributed by atoms with Crippen molar-refractivity contribution in [3.63, 3.8) is 0 Å². The van der Waals surface area contributed by atoms with E-state index >= 15 is 0 Å². The van der Waals surface area contributed by atoms with Gasteiger partial charge in [0.1, 0.15) is 0 Å². The van der Waals surface area contributed by atoms with Crippen LogP contribution in [0.4, 0.5) is 13.2 Å². The van der Waals surface area contributed by atoms with Crippen LogP contribution in [0.3, 0.4) is 0 Å². The smallest absolute Gasteiger partial charge is 0.310 e. The summed E-state index contributed by atoms with van der Waals surface area (Å²) in [6.45, 7) is 2.12. The highest BCUT2D eigenvalue weighted by Gasteiger charge is 2.36. The molecular weight excluding hydrogens is 211 g/mol. The van der Waals surface area contributed by atoms with Gasteiger partial charge in [-0.3, -0.25) is 9.69 Å². The average Bonchev–Trinajstić information content (AvgIpc) is 2.65. The molecule has 1 fully saturated rings. The molecule has 0 aliphatic carbocycles. The lowest BCUT2D eigenvalue weighted by atomic mass is 10.1. The summed E-state index contributed by atoms with van der Waals surface area (Å²) in [4.78, 5) is 12.2. The lowest BCUT2D eigenvalue weighted by Crippen LogP contribution is -2.36. The van der Waals surface area contributed by atoms with E-state index in [1.165, 1.54) is 0 Å². The van der Waals surface area contributed by atoms with E-state index in [1.807, 2.05) is 0 Å². The number of likely N-dealkylation sites (tertiary alicyclic amines) is 1. The first-order valence-electron chi connectivity index (χ1n) is 4.89. The Balaban J connectivity index is 2.41. The molecule has 0 aromatic rings. The minimum absolute atomic E-state index is 0.0182. The Labute approximate surface area is 86.2 Å². The first-order valence-corrected chi connectivity index (χ1v) is 4.89. The van der Waals surface area contributed by atoms with Gasteiger partial charge in [-0.05, 0) is 13.3 Å². The molecule has 15 heavy (non-hydrogen) atoms. The quantitative estimate of drug-likeness (QED) is 0.535. The fourth-order valence-electron chi connectivity index (χ4n) is 1.62. The Morgan fingerprint density at radius 1 is 1.53 bits per heavy atom. The standard InChI is InChI=1S/C9H14F3NO2/c1-2-15-9(14)6-3-4-13(5-6)8(12)7(10)11/h6-8H,2-5H2,1H3. The van der Waals surface area contributed by atoms with E-state index in [0.29, 0.717) is 6.42 Å². The molecular formula is C9H14F3NO2. The number of ether oxygens (including phenoxy) is 1. The van der Waals surface area contributed by atoms with Gasteiger partial charge in [-0.15, -0.1) is 0 Å². The lowest BCUT2D eigenvalue weighted by molar-refractivity contribution is -0.147. The molecule has 1 aliphatic rings. The number of alkyl halides is 3. The highest BCUT2D eigenvalue weighted by atomic mass is 19.3. The third-order valence-electron chi connectivity index (χ3n) is 2.40. The van der Waals surface area contributed by atoms with Crippen molar-refractivity contribution in [2.45, 2.75) is 26.1 Å². The van der Waals surface area contributed by atoms with Crippen LogP contribution in [-0.2, 0) is 9.53 Å². The molecule has 0 N–H and O–H groups in total. The van der Waals surface area contributed by atoms with Gasteiger partial charge in [0.2, 0.25) is 6.30 Å². The number of carbonyl (C=O) groups excluding carboxylic acids is 1. The van der Waals surface area contributed by atoms with E-state index in [0.717, 1.165) is 4.90 Å². The van der Waals surface area contributed by atoms with Crippen molar-refractivity contribution in [2.75, 3.05) is 19.7 Å². The van der Waals surface area contributed by atoms with Gasteiger partial charge in [0.05, 0.1) is 12.5 Å². The number of esters is 1. The van der Waals surface area contributed by atoms with Gasteiger partial charge in [-0.1, -0.05) is 0 Å². The van der Waals surface area contributed by atoms with E-state index < -0.39 is 24.6 Å². The number of halogens is 3. The van der Waals surface area contributed by atoms with Crippen LogP contribution < -0.4 is 0 Å². The van der Waals surface area contributed by atoms with Crippen molar-refractivity contribution in [3.8, 4) is 0 Å². The highest BCUT2D eigenvalue weighted by molar-refractivity contribution is 5.73. The Kier molecular flexibility index (Phi) is 4.38. The van der Waals surface area contributed by atoms with Crippen LogP contribution in [0.15, 0.2) is 0 Å². The molecule has 1 rings (SSSR count). The monoisotopic (exact) mass is 225 g/mol. The zero-order valence-electron chi connectivity index (χ0n) is 8.46. The molecule has 0 saturated carbocycles. The second kappa shape index (κ2) is 5.34. The molecule has 88 valence electrons. The maximum Gasteiger partial charge on any atom is 0.310 e. The Bertz CT molecular complexity index is 225. The molecule has 0 bridgehead atoms. The third kappa shape index (κ3) is 3.09. The number of nitrogens with zero attached hydrogens (tertiary/aromatic N) is 1. The largest absolute Gasteiger partial charge is 0.466 e. The van der Waals surface area contributed by atoms with E-state index in [-0.39, 0.29) is 19.7 Å². The van der Waals surface area contributed by atoms with Crippen LogP contribution >= 0.6 is 0 Å². The normalized spacial score (nSPS) is 24.5. The SMILES string of the molecule is CCOC(=O)C1CCN(C(F)C(F)F)C1. The van der Waals surface area contributed by atoms with Gasteiger partial charge in [-0.2, -0.15) is 0 Å². The summed E-state index contributed by atoms with van der Waals surface area (Å²) in [5, 5.41) is 0. The van der Waals surface area contributed by atoms with E-state index in [2.05, 4.69) is 0 Å². The minimum Gasteiger partial charge on any atom is -0.466 e. The average molecular weight is 225 g/mol. The van der Waals surface area contributed by atoms with Crippen molar-refractivity contribution in [2.24, 2.45) is 5.92 Å². The van der Waals surface area contributed by atoms with Crippen LogP contribution in [0.2, 0.25) is 0 Å². The minimum atomic E-state index is -3.02. The molecule has 2 unspecified atom stereocenters. The molecule has 6 heteroatoms. The van der Waals surface area contributed by atoms with Gasteiger partial charge >= 0.3 is 5.97 Å². The van der Waals surface area contributed by atoms with Gasteiger partial charge in [0, 0.05) is 13.1 Å². The van der Waals surface area contributed by atoms with E-state index in [1.54, 1.807) is 6.92 Å². The fourth-order valence-corrected chi connectivity index (χ4v) is 1.62. The Morgan fingerprint density at radius 2 is 2.20 bits per heavy atom. The topological polar surface area (TPSA) is 29.5 Å². The molecule has 0 aromatic heterocycles. The van der Waals surface area contributed by atoms with Crippen molar-refractivity contribution >= 4 is 5.97 Å². The van der Waals surface area contributed by atoms with Crippen molar-refractivity contribution in [1.82, 2.24) is 4.90 Å². The molecule has 1 heterocycles. The predicted molar refractivity (Wildman–Crippen MR) is 47.2 cm³/mol. The summed E-state index contributed by atoms with van der Waals surface area (Å²) in [6.07, 6.45) is -4.92. The summed E-state index contributed by atoms with van der Waals surface area (Å²) in [6, 6.07) is 0. The van der Waals surface area contributed by atoms with Crippen molar-refractivity contribution in [1.29, 1.82) is 0 Å². The molecule has 3 nitrogen and oxygen atoms in total. The third-order valence-corrected chi connectivity index (χ3v) is 2.40. The first kappa shape index (κ1) is 12.3. The van der Waals surface area contributed by atoms with Gasteiger partial charge in [0.15, 0.2) is 0 Å². The molecule has 0 spiro atoms. The molecule has 1 aliphatic heterocycles. The summed E-state index contributed by atoms with van der Waals surface area (Å²) < 4.78 is 41.7. The number of hydrogen-bond acceptors (Lipinski definition) is 3. The maximum absolute atomic E-state index is 12.9. The first-order chi connectivity index (χ1) is 7.06. The van der Waals surface area contributed by atoms with Crippen LogP contribution in [0.25, 0.3) is 0 Å². The maximum atomic E-state index is 12.9. The summed E-state index contributed by atoms with van der Waals surface area (Å²) in [5.74, 6) is -0.900. The summed E-state index contributed by atoms with van der Waals surface area (Å²) >= 11 is 0. The summed E-state index contributed by atoms with van der Waals surface area (Å²) in [5.41, 5.74) is 0. The number of carbonyl (C=O) groups is 1. The second-order valence-corrected chi connectivity index (χ2v) is 3.44. The molecule has 0 amide bonds. The van der Waals surface area contributed by atoms with Gasteiger partial charge < -0.3 is 4.74 Å². The number of rotatable bonds is 4. The molecule has 2 atom stereocenters. The van der Waals surface area contributed by atoms with E-state index in [9.17, 15) is 18.0 Å². The molecule has 0 radical (unpaired) electrons. The van der Waals surface area contributed by atoms with Crippen molar-refractivity contribution < 1.29 is 22.7 Å². The molecule has 1 saturated heterocycles. The zero-order chi connectivity index (χ0) is 11.4. The second-order valence-electron chi connectivity index (χ2n) is 3.44. The zero-order valence-corrected chi connectivity index (χ0v) is 8.46. The van der Waals surface area contributed by atoms with Crippen LogP contribution in [0, 0.1) is 5.92 Å². The predicted octanol–water partition coefficient (Wildman–Crippen LogP) is 1.43. The Morgan fingerprint density at radius 3 is 2.73 bits per heavy atom. The molecule has 0 aromatic carbocycles. The summed E-state index contributed by atoms with van der Waals surface area (Å²) in [7, 11) is 0. The lowest BCUT2D eigenvalue weighted by Gasteiger charge is -2.19. The Hall–Kier alpha value is -0.780. The van der Waals surface area contributed by atoms with E-state index in [4.69, 9.17) is 4.74 Å². The van der Waals surface area contributed by atoms with Crippen LogP contribution in [0.5, 0.6) is 0 Å². The van der Waals surface area contributed by atoms with Gasteiger partial charge in [-0.25, -0.2) is 13.2 Å². The van der Waals surface area contributed by atoms with Crippen molar-refractivity contribution in [3.05, 3.63) is 0 Å². The fraction of sp³-hybridized carbons (Fsp3) is 0.889. The van der Waals surface area contributed by atoms with Gasteiger partial charge in [0.25, 0.3) is 6.43 Å².